The Bertz CT molecular complexity index is 1280. The molecule has 0 saturated heterocycles. The molecule has 0 amide bonds. The zero-order valence-corrected chi connectivity index (χ0v) is 18.8. The van der Waals surface area contributed by atoms with Crippen LogP contribution in [-0.4, -0.2) is 30.1 Å². The first-order chi connectivity index (χ1) is 14.6. The number of rotatable bonds is 6. The molecule has 2 aromatic carbocycles. The Morgan fingerprint density at radius 2 is 1.74 bits per heavy atom. The molecule has 0 spiro atoms. The van der Waals surface area contributed by atoms with E-state index in [0.717, 1.165) is 6.20 Å². The first kappa shape index (κ1) is 22.9. The van der Waals surface area contributed by atoms with Crippen molar-refractivity contribution in [1.82, 2.24) is 9.97 Å². The van der Waals surface area contributed by atoms with Crippen LogP contribution >= 0.6 is 23.2 Å². The Hall–Kier alpha value is -2.81. The molecule has 0 aliphatic heterocycles. The van der Waals surface area contributed by atoms with Crippen LogP contribution in [0.15, 0.2) is 53.8 Å². The normalized spacial score (nSPS) is 11.2. The molecule has 0 aliphatic carbocycles. The van der Waals surface area contributed by atoms with Crippen molar-refractivity contribution in [3.05, 3.63) is 81.1 Å². The maximum absolute atomic E-state index is 12.7. The van der Waals surface area contributed by atoms with E-state index < -0.39 is 21.0 Å². The quantitative estimate of drug-likeness (QED) is 0.222. The molecule has 0 aliphatic rings. The number of ketones is 1. The highest BCUT2D eigenvalue weighted by Gasteiger charge is 2.24. The largest absolute Gasteiger partial charge is 0.422 e. The van der Waals surface area contributed by atoms with E-state index in [1.54, 1.807) is 31.2 Å². The predicted octanol–water partition coefficient (Wildman–Crippen LogP) is 4.49. The number of hydrogen-bond acceptors (Lipinski definition) is 7. The number of hydrogen-bond donors (Lipinski definition) is 0. The van der Waals surface area contributed by atoms with Gasteiger partial charge in [0.2, 0.25) is 15.0 Å². The molecular formula is C21H16Cl2N2O5S. The molecule has 0 N–H and O–H groups in total. The van der Waals surface area contributed by atoms with E-state index in [4.69, 9.17) is 27.9 Å². The van der Waals surface area contributed by atoms with Crippen molar-refractivity contribution in [2.75, 3.05) is 0 Å². The Kier molecular flexibility index (Phi) is 6.74. The number of carbonyl (C=O) groups is 2. The van der Waals surface area contributed by atoms with Crippen molar-refractivity contribution in [2.24, 2.45) is 0 Å². The Morgan fingerprint density at radius 3 is 2.35 bits per heavy atom. The summed E-state index contributed by atoms with van der Waals surface area (Å²) in [5.74, 6) is -1.30. The number of carbonyl (C=O) groups excluding carboxylic acids is 2. The average molecular weight is 479 g/mol. The van der Waals surface area contributed by atoms with Crippen molar-refractivity contribution in [3.63, 3.8) is 0 Å². The summed E-state index contributed by atoms with van der Waals surface area (Å²) in [6.07, 6.45) is 1.03. The maximum atomic E-state index is 12.7. The number of nitrogens with zero attached hydrogens (tertiary/aromatic N) is 2. The minimum absolute atomic E-state index is 0.121. The molecule has 7 nitrogen and oxygen atoms in total. The fourth-order valence-corrected chi connectivity index (χ4v) is 4.26. The third-order valence-electron chi connectivity index (χ3n) is 4.25. The molecule has 0 radical (unpaired) electrons. The molecule has 0 bridgehead atoms. The van der Waals surface area contributed by atoms with Gasteiger partial charge in [0.15, 0.2) is 11.5 Å². The third-order valence-corrected chi connectivity index (χ3v) is 6.25. The Morgan fingerprint density at radius 1 is 1.06 bits per heavy atom. The van der Waals surface area contributed by atoms with Crippen LogP contribution in [-0.2, 0) is 15.6 Å². The summed E-state index contributed by atoms with van der Waals surface area (Å²) in [7, 11) is -3.96. The lowest BCUT2D eigenvalue weighted by Crippen LogP contribution is -2.16. The maximum Gasteiger partial charge on any atom is 0.364 e. The van der Waals surface area contributed by atoms with Crippen molar-refractivity contribution < 1.29 is 22.7 Å². The summed E-state index contributed by atoms with van der Waals surface area (Å²) in [6, 6.07) is 10.8. The lowest BCUT2D eigenvalue weighted by Gasteiger charge is -2.09. The minimum atomic E-state index is -3.96. The van der Waals surface area contributed by atoms with E-state index in [0.29, 0.717) is 21.7 Å². The summed E-state index contributed by atoms with van der Waals surface area (Å²) in [5.41, 5.74) is 1.21. The second-order valence-electron chi connectivity index (χ2n) is 6.66. The molecule has 160 valence electrons. The number of benzene rings is 2. The van der Waals surface area contributed by atoms with Gasteiger partial charge in [-0.15, -0.1) is 0 Å². The number of esters is 1. The molecule has 1 aromatic heterocycles. The van der Waals surface area contributed by atoms with Gasteiger partial charge in [-0.25, -0.2) is 23.2 Å². The molecule has 1 heterocycles. The van der Waals surface area contributed by atoms with Gasteiger partial charge in [0.05, 0.1) is 17.0 Å². The average Bonchev–Trinajstić information content (AvgIpc) is 2.69. The summed E-state index contributed by atoms with van der Waals surface area (Å²) < 4.78 is 30.6. The van der Waals surface area contributed by atoms with Crippen molar-refractivity contribution in [3.8, 4) is 5.75 Å². The Balaban J connectivity index is 1.86. The van der Waals surface area contributed by atoms with Gasteiger partial charge >= 0.3 is 5.97 Å². The number of sulfone groups is 1. The first-order valence-corrected chi connectivity index (χ1v) is 11.3. The molecule has 0 saturated carbocycles. The standard InChI is InChI=1S/C21H16Cl2N2O5S/c1-12-9-16(7-8-17(12)13(2)26)30-20(27)19-18(23)10-24-21(25-19)31(28,29)11-14-3-5-15(22)6-4-14/h3-10H,11H2,1-2H3. The number of halogens is 2. The van der Waals surface area contributed by atoms with Crippen LogP contribution in [0, 0.1) is 6.92 Å². The fraction of sp³-hybridized carbons (Fsp3) is 0.143. The van der Waals surface area contributed by atoms with Gasteiger partial charge in [0, 0.05) is 10.6 Å². The van der Waals surface area contributed by atoms with Crippen LogP contribution in [0.1, 0.15) is 38.9 Å². The number of Topliss-reactive ketones (excluding diaryl/α,β-unsaturated/α-hetero) is 1. The molecule has 3 rings (SSSR count). The monoisotopic (exact) mass is 478 g/mol. The second kappa shape index (κ2) is 9.13. The van der Waals surface area contributed by atoms with E-state index >= 15 is 0 Å². The van der Waals surface area contributed by atoms with Gasteiger partial charge in [0.1, 0.15) is 5.75 Å². The van der Waals surface area contributed by atoms with Gasteiger partial charge < -0.3 is 4.74 Å². The lowest BCUT2D eigenvalue weighted by molar-refractivity contribution is 0.0727. The number of aromatic nitrogens is 2. The van der Waals surface area contributed by atoms with Crippen LogP contribution in [0.3, 0.4) is 0 Å². The van der Waals surface area contributed by atoms with Crippen LogP contribution in [0.5, 0.6) is 5.75 Å². The minimum Gasteiger partial charge on any atom is -0.422 e. The molecule has 0 atom stereocenters. The lowest BCUT2D eigenvalue weighted by atomic mass is 10.1. The smallest absolute Gasteiger partial charge is 0.364 e. The van der Waals surface area contributed by atoms with Crippen molar-refractivity contribution >= 4 is 44.8 Å². The van der Waals surface area contributed by atoms with E-state index in [1.165, 1.54) is 25.1 Å². The topological polar surface area (TPSA) is 103 Å². The van der Waals surface area contributed by atoms with Crippen LogP contribution in [0.2, 0.25) is 10.0 Å². The van der Waals surface area contributed by atoms with Gasteiger partial charge in [-0.3, -0.25) is 4.79 Å². The van der Waals surface area contributed by atoms with Crippen molar-refractivity contribution in [2.45, 2.75) is 24.8 Å². The molecule has 10 heteroatoms. The second-order valence-corrected chi connectivity index (χ2v) is 9.38. The Labute approximate surface area is 188 Å². The zero-order valence-electron chi connectivity index (χ0n) is 16.4. The van der Waals surface area contributed by atoms with E-state index in [2.05, 4.69) is 9.97 Å². The van der Waals surface area contributed by atoms with E-state index in [1.807, 2.05) is 0 Å². The van der Waals surface area contributed by atoms with Gasteiger partial charge in [0.25, 0.3) is 0 Å². The molecule has 0 fully saturated rings. The molecular weight excluding hydrogens is 463 g/mol. The summed E-state index contributed by atoms with van der Waals surface area (Å²) >= 11 is 11.8. The predicted molar refractivity (Wildman–Crippen MR) is 116 cm³/mol. The van der Waals surface area contributed by atoms with Gasteiger partial charge in [-0.1, -0.05) is 35.3 Å². The first-order valence-electron chi connectivity index (χ1n) is 8.90. The van der Waals surface area contributed by atoms with E-state index in [-0.39, 0.29) is 28.0 Å². The zero-order chi connectivity index (χ0) is 22.8. The summed E-state index contributed by atoms with van der Waals surface area (Å²) in [5, 5.41) is -0.241. The fourth-order valence-electron chi connectivity index (χ4n) is 2.76. The highest BCUT2D eigenvalue weighted by Crippen LogP contribution is 2.22. The summed E-state index contributed by atoms with van der Waals surface area (Å²) in [6.45, 7) is 3.13. The molecule has 31 heavy (non-hydrogen) atoms. The highest BCUT2D eigenvalue weighted by molar-refractivity contribution is 7.90. The molecule has 3 aromatic rings. The van der Waals surface area contributed by atoms with Crippen molar-refractivity contribution in [1.29, 1.82) is 0 Å². The molecule has 0 unspecified atom stereocenters. The number of ether oxygens (including phenoxy) is 1. The van der Waals surface area contributed by atoms with E-state index in [9.17, 15) is 18.0 Å². The van der Waals surface area contributed by atoms with Crippen LogP contribution in [0.25, 0.3) is 0 Å². The van der Waals surface area contributed by atoms with Gasteiger partial charge in [-0.05, 0) is 55.3 Å². The van der Waals surface area contributed by atoms with Gasteiger partial charge in [-0.2, -0.15) is 0 Å². The van der Waals surface area contributed by atoms with Crippen LogP contribution < -0.4 is 4.74 Å². The van der Waals surface area contributed by atoms with Crippen LogP contribution in [0.4, 0.5) is 0 Å². The number of aryl methyl sites for hydroxylation is 1. The third kappa shape index (κ3) is 5.46. The summed E-state index contributed by atoms with van der Waals surface area (Å²) in [4.78, 5) is 31.7. The highest BCUT2D eigenvalue weighted by atomic mass is 35.5. The SMILES string of the molecule is CC(=O)c1ccc(OC(=O)c2nc(S(=O)(=O)Cc3ccc(Cl)cc3)ncc2Cl)cc1C.